The second-order valence-corrected chi connectivity index (χ2v) is 4.76. The number of carbonyl (C=O) groups excluding carboxylic acids is 1. The molecule has 2 aromatic carbocycles. The average molecular weight is 327 g/mol. The summed E-state index contributed by atoms with van der Waals surface area (Å²) in [6.45, 7) is 0. The molecule has 120 valence electrons. The second kappa shape index (κ2) is 6.29. The first kappa shape index (κ1) is 15.3. The highest BCUT2D eigenvalue weighted by molar-refractivity contribution is 5.92. The fourth-order valence-electron chi connectivity index (χ4n) is 2.08. The Balaban J connectivity index is 1.90. The largest absolute Gasteiger partial charge is 0.415 e. The van der Waals surface area contributed by atoms with Crippen LogP contribution in [0.3, 0.4) is 0 Å². The minimum absolute atomic E-state index is 0.154. The van der Waals surface area contributed by atoms with Gasteiger partial charge in [-0.05, 0) is 30.3 Å². The summed E-state index contributed by atoms with van der Waals surface area (Å²) in [7, 11) is 0. The van der Waals surface area contributed by atoms with Crippen molar-refractivity contribution in [2.75, 3.05) is 0 Å². The maximum Gasteiger partial charge on any atom is 0.343 e. The summed E-state index contributed by atoms with van der Waals surface area (Å²) in [6, 6.07) is 10.7. The van der Waals surface area contributed by atoms with E-state index in [-0.39, 0.29) is 5.56 Å². The SMILES string of the molecule is O=C(Oc1cc(F)ccc1[N+](=O)[O-])c1cccc(-n2cccn2)c1. The van der Waals surface area contributed by atoms with Gasteiger partial charge < -0.3 is 4.74 Å². The Labute approximate surface area is 135 Å². The number of halogens is 1. The van der Waals surface area contributed by atoms with E-state index in [0.717, 1.165) is 18.2 Å². The van der Waals surface area contributed by atoms with Crippen molar-refractivity contribution in [1.29, 1.82) is 0 Å². The number of hydrogen-bond donors (Lipinski definition) is 0. The smallest absolute Gasteiger partial charge is 0.343 e. The summed E-state index contributed by atoms with van der Waals surface area (Å²) in [5, 5.41) is 15.0. The molecule has 24 heavy (non-hydrogen) atoms. The maximum absolute atomic E-state index is 13.3. The number of nitro groups is 1. The molecule has 8 heteroatoms. The fraction of sp³-hybridized carbons (Fsp3) is 0. The number of esters is 1. The average Bonchev–Trinajstić information content (AvgIpc) is 3.09. The zero-order chi connectivity index (χ0) is 17.1. The number of benzene rings is 2. The van der Waals surface area contributed by atoms with E-state index < -0.39 is 28.1 Å². The van der Waals surface area contributed by atoms with E-state index in [1.54, 1.807) is 35.3 Å². The summed E-state index contributed by atoms with van der Waals surface area (Å²) in [6.07, 6.45) is 3.28. The molecule has 0 saturated carbocycles. The number of aromatic nitrogens is 2. The molecule has 3 aromatic rings. The van der Waals surface area contributed by atoms with Crippen LogP contribution in [-0.2, 0) is 0 Å². The van der Waals surface area contributed by atoms with Gasteiger partial charge in [0.25, 0.3) is 0 Å². The Morgan fingerprint density at radius 2 is 2.04 bits per heavy atom. The van der Waals surface area contributed by atoms with Crippen LogP contribution < -0.4 is 4.74 Å². The third-order valence-corrected chi connectivity index (χ3v) is 3.17. The van der Waals surface area contributed by atoms with Crippen molar-refractivity contribution in [2.45, 2.75) is 0 Å². The monoisotopic (exact) mass is 327 g/mol. The molecule has 1 heterocycles. The van der Waals surface area contributed by atoms with Crippen LogP contribution in [0, 0.1) is 15.9 Å². The molecular formula is C16H10FN3O4. The van der Waals surface area contributed by atoms with E-state index in [0.29, 0.717) is 5.69 Å². The third-order valence-electron chi connectivity index (χ3n) is 3.17. The van der Waals surface area contributed by atoms with Crippen molar-refractivity contribution >= 4 is 11.7 Å². The van der Waals surface area contributed by atoms with E-state index in [2.05, 4.69) is 5.10 Å². The molecule has 3 rings (SSSR count). The van der Waals surface area contributed by atoms with E-state index in [9.17, 15) is 19.3 Å². The summed E-state index contributed by atoms with van der Waals surface area (Å²) < 4.78 is 19.8. The summed E-state index contributed by atoms with van der Waals surface area (Å²) in [5.41, 5.74) is 0.276. The lowest BCUT2D eigenvalue weighted by Gasteiger charge is -2.07. The molecule has 0 fully saturated rings. The van der Waals surface area contributed by atoms with Crippen LogP contribution in [0.5, 0.6) is 5.75 Å². The quantitative estimate of drug-likeness (QED) is 0.318. The number of ether oxygens (including phenoxy) is 1. The van der Waals surface area contributed by atoms with E-state index in [1.165, 1.54) is 12.1 Å². The summed E-state index contributed by atoms with van der Waals surface area (Å²) in [4.78, 5) is 22.4. The standard InChI is InChI=1S/C16H10FN3O4/c17-12-5-6-14(20(22)23)15(10-12)24-16(21)11-3-1-4-13(9-11)19-8-2-7-18-19/h1-10H. The zero-order valence-corrected chi connectivity index (χ0v) is 12.1. The highest BCUT2D eigenvalue weighted by Gasteiger charge is 2.20. The van der Waals surface area contributed by atoms with Crippen LogP contribution >= 0.6 is 0 Å². The first-order valence-corrected chi connectivity index (χ1v) is 6.81. The van der Waals surface area contributed by atoms with Crippen molar-refractivity contribution in [3.05, 3.63) is 82.4 Å². The van der Waals surface area contributed by atoms with Gasteiger partial charge in [0.05, 0.1) is 16.2 Å². The number of nitro benzene ring substituents is 1. The Hall–Kier alpha value is -3.55. The Morgan fingerprint density at radius 1 is 1.21 bits per heavy atom. The molecule has 0 atom stereocenters. The highest BCUT2D eigenvalue weighted by Crippen LogP contribution is 2.28. The van der Waals surface area contributed by atoms with Crippen LogP contribution in [0.25, 0.3) is 5.69 Å². The molecule has 0 amide bonds. The number of carbonyl (C=O) groups is 1. The van der Waals surface area contributed by atoms with Gasteiger partial charge in [-0.2, -0.15) is 5.10 Å². The van der Waals surface area contributed by atoms with Gasteiger partial charge in [-0.1, -0.05) is 6.07 Å². The molecule has 0 bridgehead atoms. The Morgan fingerprint density at radius 3 is 2.75 bits per heavy atom. The van der Waals surface area contributed by atoms with Gasteiger partial charge in [0.2, 0.25) is 5.75 Å². The predicted octanol–water partition coefficient (Wildman–Crippen LogP) is 3.14. The second-order valence-electron chi connectivity index (χ2n) is 4.76. The van der Waals surface area contributed by atoms with Gasteiger partial charge in [0, 0.05) is 24.5 Å². The first-order valence-electron chi connectivity index (χ1n) is 6.81. The molecule has 0 unspecified atom stereocenters. The van der Waals surface area contributed by atoms with Crippen molar-refractivity contribution < 1.29 is 18.8 Å². The fourth-order valence-corrected chi connectivity index (χ4v) is 2.08. The van der Waals surface area contributed by atoms with Crippen LogP contribution in [0.1, 0.15) is 10.4 Å². The lowest BCUT2D eigenvalue weighted by Crippen LogP contribution is -2.10. The van der Waals surface area contributed by atoms with Gasteiger partial charge in [0.1, 0.15) is 5.82 Å². The van der Waals surface area contributed by atoms with Gasteiger partial charge >= 0.3 is 11.7 Å². The highest BCUT2D eigenvalue weighted by atomic mass is 19.1. The topological polar surface area (TPSA) is 87.3 Å². The van der Waals surface area contributed by atoms with Gasteiger partial charge in [-0.25, -0.2) is 13.9 Å². The van der Waals surface area contributed by atoms with Crippen LogP contribution in [0.2, 0.25) is 0 Å². The summed E-state index contributed by atoms with van der Waals surface area (Å²) >= 11 is 0. The van der Waals surface area contributed by atoms with E-state index in [1.807, 2.05) is 0 Å². The minimum atomic E-state index is -0.835. The lowest BCUT2D eigenvalue weighted by atomic mass is 10.2. The van der Waals surface area contributed by atoms with Crippen molar-refractivity contribution in [3.63, 3.8) is 0 Å². The Kier molecular flexibility index (Phi) is 4.02. The van der Waals surface area contributed by atoms with Crippen molar-refractivity contribution in [2.24, 2.45) is 0 Å². The van der Waals surface area contributed by atoms with Gasteiger partial charge in [0.15, 0.2) is 0 Å². The number of hydrogen-bond acceptors (Lipinski definition) is 5. The number of rotatable bonds is 4. The van der Waals surface area contributed by atoms with Crippen LogP contribution in [0.15, 0.2) is 60.9 Å². The molecule has 0 aliphatic heterocycles. The molecular weight excluding hydrogens is 317 g/mol. The molecule has 0 saturated heterocycles. The first-order chi connectivity index (χ1) is 11.5. The lowest BCUT2D eigenvalue weighted by molar-refractivity contribution is -0.385. The number of nitrogens with zero attached hydrogens (tertiary/aromatic N) is 3. The van der Waals surface area contributed by atoms with E-state index >= 15 is 0 Å². The molecule has 0 N–H and O–H groups in total. The Bertz CT molecular complexity index is 909. The van der Waals surface area contributed by atoms with Crippen LogP contribution in [-0.4, -0.2) is 20.7 Å². The summed E-state index contributed by atoms with van der Waals surface area (Å²) in [5.74, 6) is -2.03. The normalized spacial score (nSPS) is 10.4. The predicted molar refractivity (Wildman–Crippen MR) is 81.6 cm³/mol. The van der Waals surface area contributed by atoms with Crippen LogP contribution in [0.4, 0.5) is 10.1 Å². The minimum Gasteiger partial charge on any atom is -0.415 e. The zero-order valence-electron chi connectivity index (χ0n) is 12.1. The molecule has 0 spiro atoms. The molecule has 0 radical (unpaired) electrons. The van der Waals surface area contributed by atoms with Crippen molar-refractivity contribution in [1.82, 2.24) is 9.78 Å². The van der Waals surface area contributed by atoms with Gasteiger partial charge in [-0.3, -0.25) is 10.1 Å². The maximum atomic E-state index is 13.3. The molecule has 1 aromatic heterocycles. The van der Waals surface area contributed by atoms with E-state index in [4.69, 9.17) is 4.74 Å². The van der Waals surface area contributed by atoms with Gasteiger partial charge in [-0.15, -0.1) is 0 Å². The molecule has 0 aliphatic carbocycles. The third kappa shape index (κ3) is 3.12. The molecule has 0 aliphatic rings. The molecule has 7 nitrogen and oxygen atoms in total. The van der Waals surface area contributed by atoms with Crippen molar-refractivity contribution in [3.8, 4) is 11.4 Å².